The van der Waals surface area contributed by atoms with Crippen LogP contribution in [0.1, 0.15) is 59.9 Å². The molecule has 1 aromatic carbocycles. The van der Waals surface area contributed by atoms with Gasteiger partial charge in [0.15, 0.2) is 8.32 Å². The minimum atomic E-state index is -2.15. The smallest absolute Gasteiger partial charge is 0.408 e. The molecule has 0 bridgehead atoms. The summed E-state index contributed by atoms with van der Waals surface area (Å²) in [6.07, 6.45) is -0.164. The second-order valence-corrected chi connectivity index (χ2v) is 18.2. The lowest BCUT2D eigenvalue weighted by molar-refractivity contribution is -0.131. The maximum atomic E-state index is 13.9. The molecule has 3 rings (SSSR count). The highest BCUT2D eigenvalue weighted by molar-refractivity contribution is 7.89. The highest BCUT2D eigenvalue weighted by Gasteiger charge is 2.48. The van der Waals surface area contributed by atoms with Gasteiger partial charge in [0, 0.05) is 22.8 Å². The quantitative estimate of drug-likeness (QED) is 0.537. The van der Waals surface area contributed by atoms with Crippen LogP contribution in [0.15, 0.2) is 39.8 Å². The molecule has 2 aliphatic heterocycles. The number of rotatable bonds is 5. The molecule has 2 heterocycles. The van der Waals surface area contributed by atoms with E-state index in [0.29, 0.717) is 28.5 Å². The highest BCUT2D eigenvalue weighted by atomic mass is 32.2. The van der Waals surface area contributed by atoms with Crippen molar-refractivity contribution >= 4 is 31.1 Å². The first-order valence-electron chi connectivity index (χ1n) is 12.2. The summed E-state index contributed by atoms with van der Waals surface area (Å²) in [7, 11) is -3.65. The Balaban J connectivity index is 2.01. The van der Waals surface area contributed by atoms with E-state index in [9.17, 15) is 13.8 Å². The van der Waals surface area contributed by atoms with E-state index < -0.39 is 36.9 Å². The van der Waals surface area contributed by atoms with Gasteiger partial charge in [-0.05, 0) is 64.4 Å². The molecule has 0 aromatic heterocycles. The zero-order valence-electron chi connectivity index (χ0n) is 22.5. The van der Waals surface area contributed by atoms with E-state index in [4.69, 9.17) is 9.16 Å². The lowest BCUT2D eigenvalue weighted by atomic mass is 10.1. The summed E-state index contributed by atoms with van der Waals surface area (Å²) in [6, 6.07) is 6.73. The Hall–Kier alpha value is -1.97. The molecular weight excluding hydrogens is 480 g/mol. The molecule has 1 aromatic rings. The molecule has 1 unspecified atom stereocenters. The van der Waals surface area contributed by atoms with Crippen molar-refractivity contribution in [3.8, 4) is 0 Å². The molecule has 1 fully saturated rings. The largest absolute Gasteiger partial charge is 0.444 e. The minimum absolute atomic E-state index is 0.00324. The number of nitrogens with one attached hydrogen (secondary N) is 1. The number of nitrogens with zero attached hydrogens (tertiary/aromatic N) is 1. The molecule has 0 saturated carbocycles. The third kappa shape index (κ3) is 6.24. The Morgan fingerprint density at radius 2 is 1.71 bits per heavy atom. The number of hydrogen-bond donors (Lipinski definition) is 1. The van der Waals surface area contributed by atoms with E-state index in [1.54, 1.807) is 25.7 Å². The van der Waals surface area contributed by atoms with Crippen LogP contribution in [0.5, 0.6) is 0 Å². The van der Waals surface area contributed by atoms with Crippen LogP contribution in [0.4, 0.5) is 4.79 Å². The maximum Gasteiger partial charge on any atom is 0.408 e. The van der Waals surface area contributed by atoms with Crippen molar-refractivity contribution in [2.45, 2.75) is 102 Å². The third-order valence-corrected chi connectivity index (χ3v) is 12.9. The number of aryl methyl sites for hydroxylation is 1. The van der Waals surface area contributed by atoms with Crippen LogP contribution in [0.3, 0.4) is 0 Å². The summed E-state index contributed by atoms with van der Waals surface area (Å²) >= 11 is 0. The van der Waals surface area contributed by atoms with Gasteiger partial charge in [-0.15, -0.1) is 0 Å². The van der Waals surface area contributed by atoms with E-state index in [1.165, 1.54) is 0 Å². The van der Waals surface area contributed by atoms with Gasteiger partial charge in [-0.3, -0.25) is 4.79 Å². The maximum absolute atomic E-state index is 13.9. The van der Waals surface area contributed by atoms with Gasteiger partial charge in [0.1, 0.15) is 11.6 Å². The number of alkyl carbamates (subject to hydrolysis) is 1. The number of carbonyl (C=O) groups is 2. The van der Waals surface area contributed by atoms with Crippen LogP contribution >= 0.6 is 0 Å². The predicted molar refractivity (Wildman–Crippen MR) is 141 cm³/mol. The lowest BCUT2D eigenvalue weighted by Gasteiger charge is -2.40. The zero-order valence-corrected chi connectivity index (χ0v) is 24.3. The van der Waals surface area contributed by atoms with E-state index in [2.05, 4.69) is 39.2 Å². The molecule has 0 aliphatic carbocycles. The van der Waals surface area contributed by atoms with Crippen molar-refractivity contribution in [1.29, 1.82) is 0 Å². The van der Waals surface area contributed by atoms with Gasteiger partial charge in [-0.2, -0.15) is 0 Å². The molecule has 2 aliphatic rings. The van der Waals surface area contributed by atoms with Crippen molar-refractivity contribution in [3.05, 3.63) is 40.4 Å². The first-order chi connectivity index (χ1) is 16.0. The van der Waals surface area contributed by atoms with Crippen LogP contribution < -0.4 is 5.32 Å². The number of ether oxygens (including phenoxy) is 1. The van der Waals surface area contributed by atoms with Crippen molar-refractivity contribution in [2.75, 3.05) is 6.54 Å². The summed E-state index contributed by atoms with van der Waals surface area (Å²) in [5.41, 5.74) is 1.10. The Morgan fingerprint density at radius 3 is 2.26 bits per heavy atom. The Labute approximate surface area is 213 Å². The van der Waals surface area contributed by atoms with E-state index in [1.807, 2.05) is 31.2 Å². The first-order valence-corrected chi connectivity index (χ1v) is 16.3. The average Bonchev–Trinajstić information content (AvgIpc) is 3.11. The molecule has 1 N–H and O–H groups in total. The standard InChI is InChI=1S/C26H40N2O5SSi/c1-17-10-12-18(13-11-17)34(31)21-16-19(27-24(30)32-25(2,3)4)23(29)28-15-14-20(22(21)28)33-35(8,9)26(5,6)7/h10-13,19-20H,14-16H2,1-9H3,(H,27,30)/t19-,20+,34?/m1/s1. The lowest BCUT2D eigenvalue weighted by Crippen LogP contribution is -2.52. The fraction of sp³-hybridized carbons (Fsp3) is 0.615. The van der Waals surface area contributed by atoms with Gasteiger partial charge in [0.2, 0.25) is 5.91 Å². The van der Waals surface area contributed by atoms with E-state index in [-0.39, 0.29) is 23.5 Å². The van der Waals surface area contributed by atoms with Crippen molar-refractivity contribution < 1.29 is 23.0 Å². The van der Waals surface area contributed by atoms with Crippen LogP contribution in [-0.2, 0) is 24.8 Å². The van der Waals surface area contributed by atoms with Gasteiger partial charge in [-0.25, -0.2) is 9.00 Å². The minimum Gasteiger partial charge on any atom is -0.444 e. The summed E-state index contributed by atoms with van der Waals surface area (Å²) < 4.78 is 26.0. The number of fused-ring (bicyclic) bond motifs is 1. The predicted octanol–water partition coefficient (Wildman–Crippen LogP) is 5.23. The number of benzene rings is 1. The SMILES string of the molecule is Cc1ccc(S(=O)C2=C3[C@@H](O[Si](C)(C)C(C)(C)C)CCN3C(=O)[C@H](NC(=O)OC(C)(C)C)C2)cc1. The highest BCUT2D eigenvalue weighted by Crippen LogP contribution is 2.43. The van der Waals surface area contributed by atoms with Crippen LogP contribution in [-0.4, -0.2) is 53.7 Å². The molecule has 2 amide bonds. The molecule has 194 valence electrons. The number of hydrogen-bond acceptors (Lipinski definition) is 5. The van der Waals surface area contributed by atoms with Crippen molar-refractivity contribution in [2.24, 2.45) is 0 Å². The monoisotopic (exact) mass is 520 g/mol. The van der Waals surface area contributed by atoms with Gasteiger partial charge in [0.25, 0.3) is 0 Å². The second kappa shape index (κ2) is 9.82. The number of carbonyl (C=O) groups excluding carboxylic acids is 2. The number of amides is 2. The van der Waals surface area contributed by atoms with Crippen LogP contribution in [0.25, 0.3) is 0 Å². The molecule has 0 spiro atoms. The van der Waals surface area contributed by atoms with Crippen LogP contribution in [0.2, 0.25) is 18.1 Å². The topological polar surface area (TPSA) is 84.9 Å². The Kier molecular flexibility index (Phi) is 7.75. The normalized spacial score (nSPS) is 22.2. The van der Waals surface area contributed by atoms with Gasteiger partial charge in [0.05, 0.1) is 22.6 Å². The van der Waals surface area contributed by atoms with E-state index in [0.717, 1.165) is 5.56 Å². The first kappa shape index (κ1) is 27.6. The average molecular weight is 521 g/mol. The van der Waals surface area contributed by atoms with Crippen molar-refractivity contribution in [3.63, 3.8) is 0 Å². The summed E-state index contributed by atoms with van der Waals surface area (Å²) in [5, 5.41) is 2.71. The third-order valence-electron chi connectivity index (χ3n) is 6.84. The summed E-state index contributed by atoms with van der Waals surface area (Å²) in [4.78, 5) is 28.9. The fourth-order valence-corrected chi connectivity index (χ4v) is 6.70. The summed E-state index contributed by atoms with van der Waals surface area (Å²) in [6.45, 7) is 18.7. The van der Waals surface area contributed by atoms with Gasteiger partial charge < -0.3 is 19.4 Å². The zero-order chi connectivity index (χ0) is 26.3. The molecule has 3 atom stereocenters. The second-order valence-electron chi connectivity index (χ2n) is 11.9. The molecule has 9 heteroatoms. The Morgan fingerprint density at radius 1 is 1.11 bits per heavy atom. The molecular formula is C26H40N2O5SSi. The molecule has 7 nitrogen and oxygen atoms in total. The molecule has 35 heavy (non-hydrogen) atoms. The van der Waals surface area contributed by atoms with Crippen LogP contribution in [0, 0.1) is 6.92 Å². The molecule has 1 saturated heterocycles. The van der Waals surface area contributed by atoms with Gasteiger partial charge in [-0.1, -0.05) is 38.5 Å². The van der Waals surface area contributed by atoms with Gasteiger partial charge >= 0.3 is 6.09 Å². The van der Waals surface area contributed by atoms with E-state index >= 15 is 0 Å². The summed E-state index contributed by atoms with van der Waals surface area (Å²) in [5.74, 6) is -0.211. The molecule has 0 radical (unpaired) electrons. The fourth-order valence-electron chi connectivity index (χ4n) is 3.99. The Bertz CT molecular complexity index is 1040. The van der Waals surface area contributed by atoms with Crippen molar-refractivity contribution in [1.82, 2.24) is 10.2 Å².